The lowest BCUT2D eigenvalue weighted by molar-refractivity contribution is 0.305. The highest BCUT2D eigenvalue weighted by molar-refractivity contribution is 9.10. The number of pyridine rings is 1. The van der Waals surface area contributed by atoms with Gasteiger partial charge in [-0.3, -0.25) is 0 Å². The molecular weight excluding hydrogens is 376 g/mol. The van der Waals surface area contributed by atoms with Gasteiger partial charge in [0.05, 0.1) is 12.3 Å². The Morgan fingerprint density at radius 1 is 1.04 bits per heavy atom. The zero-order chi connectivity index (χ0) is 17.6. The van der Waals surface area contributed by atoms with Gasteiger partial charge in [0.2, 0.25) is 5.88 Å². The molecule has 0 aliphatic carbocycles. The van der Waals surface area contributed by atoms with Gasteiger partial charge in [0.1, 0.15) is 11.6 Å². The van der Waals surface area contributed by atoms with Crippen LogP contribution in [-0.4, -0.2) is 11.6 Å². The van der Waals surface area contributed by atoms with Crippen LogP contribution in [0.15, 0.2) is 65.1 Å². The van der Waals surface area contributed by atoms with Gasteiger partial charge >= 0.3 is 0 Å². The average molecular weight is 393 g/mol. The predicted octanol–water partition coefficient (Wildman–Crippen LogP) is 5.84. The summed E-state index contributed by atoms with van der Waals surface area (Å²) in [7, 11) is 0. The van der Waals surface area contributed by atoms with Crippen LogP contribution in [-0.2, 0) is 0 Å². The van der Waals surface area contributed by atoms with E-state index >= 15 is 0 Å². The molecule has 3 nitrogen and oxygen atoms in total. The van der Waals surface area contributed by atoms with E-state index in [9.17, 15) is 5.26 Å². The first kappa shape index (κ1) is 17.2. The smallest absolute Gasteiger partial charge is 0.232 e. The Morgan fingerprint density at radius 2 is 1.76 bits per heavy atom. The van der Waals surface area contributed by atoms with Crippen LogP contribution in [0.3, 0.4) is 0 Å². The summed E-state index contributed by atoms with van der Waals surface area (Å²) in [5, 5.41) is 9.70. The van der Waals surface area contributed by atoms with Gasteiger partial charge in [-0.2, -0.15) is 5.26 Å². The monoisotopic (exact) mass is 392 g/mol. The Kier molecular flexibility index (Phi) is 5.47. The fourth-order valence-corrected chi connectivity index (χ4v) is 2.81. The molecule has 0 bridgehead atoms. The second-order valence-corrected chi connectivity index (χ2v) is 6.48. The third-order valence-corrected chi connectivity index (χ3v) is 4.29. The van der Waals surface area contributed by atoms with E-state index in [1.165, 1.54) is 0 Å². The molecule has 0 aliphatic rings. The highest BCUT2D eigenvalue weighted by Crippen LogP contribution is 2.34. The lowest BCUT2D eigenvalue weighted by Crippen LogP contribution is -2.02. The summed E-state index contributed by atoms with van der Waals surface area (Å²) < 4.78 is 6.78. The Morgan fingerprint density at radius 3 is 2.40 bits per heavy atom. The molecule has 3 aromatic rings. The zero-order valence-electron chi connectivity index (χ0n) is 13.9. The quantitative estimate of drug-likeness (QED) is 0.547. The standard InChI is InChI=1S/C21H17BrN2O/c1-2-12-25-21-19(14-23)18(15-8-10-17(22)11-9-15)13-20(24-21)16-6-4-3-5-7-16/h3-11,13H,2,12H2,1H3. The van der Waals surface area contributed by atoms with E-state index in [0.717, 1.165) is 33.3 Å². The van der Waals surface area contributed by atoms with Crippen LogP contribution in [0.4, 0.5) is 0 Å². The highest BCUT2D eigenvalue weighted by Gasteiger charge is 2.16. The van der Waals surface area contributed by atoms with Crippen molar-refractivity contribution in [3.05, 3.63) is 70.7 Å². The van der Waals surface area contributed by atoms with Crippen molar-refractivity contribution in [3.63, 3.8) is 0 Å². The molecule has 0 unspecified atom stereocenters. The van der Waals surface area contributed by atoms with Crippen molar-refractivity contribution in [3.8, 4) is 34.3 Å². The number of ether oxygens (including phenoxy) is 1. The van der Waals surface area contributed by atoms with E-state index in [4.69, 9.17) is 4.74 Å². The van der Waals surface area contributed by atoms with Crippen LogP contribution in [0, 0.1) is 11.3 Å². The van der Waals surface area contributed by atoms with Gasteiger partial charge < -0.3 is 4.74 Å². The van der Waals surface area contributed by atoms with Crippen molar-refractivity contribution in [1.29, 1.82) is 5.26 Å². The summed E-state index contributed by atoms with van der Waals surface area (Å²) >= 11 is 3.45. The molecule has 3 rings (SSSR count). The predicted molar refractivity (Wildman–Crippen MR) is 103 cm³/mol. The second kappa shape index (κ2) is 7.96. The topological polar surface area (TPSA) is 45.9 Å². The summed E-state index contributed by atoms with van der Waals surface area (Å²) in [5.74, 6) is 0.392. The first-order valence-corrected chi connectivity index (χ1v) is 8.91. The third-order valence-electron chi connectivity index (χ3n) is 3.77. The first-order chi connectivity index (χ1) is 12.2. The molecule has 124 valence electrons. The van der Waals surface area contributed by atoms with E-state index in [1.807, 2.05) is 67.6 Å². The number of hydrogen-bond acceptors (Lipinski definition) is 3. The van der Waals surface area contributed by atoms with Crippen LogP contribution in [0.2, 0.25) is 0 Å². The molecule has 1 aromatic heterocycles. The maximum Gasteiger partial charge on any atom is 0.232 e. The molecule has 0 aliphatic heterocycles. The molecular formula is C21H17BrN2O. The average Bonchev–Trinajstić information content (AvgIpc) is 2.67. The molecule has 0 N–H and O–H groups in total. The van der Waals surface area contributed by atoms with Crippen molar-refractivity contribution >= 4 is 15.9 Å². The maximum atomic E-state index is 9.70. The van der Waals surface area contributed by atoms with Gasteiger partial charge in [-0.1, -0.05) is 65.3 Å². The van der Waals surface area contributed by atoms with Gasteiger partial charge in [-0.25, -0.2) is 4.98 Å². The van der Waals surface area contributed by atoms with Crippen molar-refractivity contribution < 1.29 is 4.74 Å². The summed E-state index contributed by atoms with van der Waals surface area (Å²) in [6.45, 7) is 2.56. The Labute approximate surface area is 156 Å². The van der Waals surface area contributed by atoms with Crippen molar-refractivity contribution in [2.45, 2.75) is 13.3 Å². The molecule has 0 saturated heterocycles. The largest absolute Gasteiger partial charge is 0.477 e. The fraction of sp³-hybridized carbons (Fsp3) is 0.143. The fourth-order valence-electron chi connectivity index (χ4n) is 2.55. The number of rotatable bonds is 5. The van der Waals surface area contributed by atoms with E-state index in [1.54, 1.807) is 0 Å². The number of hydrogen-bond donors (Lipinski definition) is 0. The maximum absolute atomic E-state index is 9.70. The van der Waals surface area contributed by atoms with Crippen LogP contribution < -0.4 is 4.74 Å². The Hall–Kier alpha value is -2.64. The summed E-state index contributed by atoms with van der Waals surface area (Å²) in [5.41, 5.74) is 4.04. The Bertz CT molecular complexity index is 900. The van der Waals surface area contributed by atoms with E-state index in [2.05, 4.69) is 27.0 Å². The van der Waals surface area contributed by atoms with E-state index < -0.39 is 0 Å². The number of nitriles is 1. The lowest BCUT2D eigenvalue weighted by atomic mass is 9.99. The molecule has 1 heterocycles. The molecule has 0 spiro atoms. The number of nitrogens with zero attached hydrogens (tertiary/aromatic N) is 2. The molecule has 0 fully saturated rings. The SMILES string of the molecule is CCCOc1nc(-c2ccccc2)cc(-c2ccc(Br)cc2)c1C#N. The van der Waals surface area contributed by atoms with Crippen molar-refractivity contribution in [2.24, 2.45) is 0 Å². The third kappa shape index (κ3) is 3.89. The van der Waals surface area contributed by atoms with E-state index in [0.29, 0.717) is 18.1 Å². The van der Waals surface area contributed by atoms with Crippen LogP contribution in [0.25, 0.3) is 22.4 Å². The van der Waals surface area contributed by atoms with Gasteiger partial charge in [0.15, 0.2) is 0 Å². The molecule has 0 atom stereocenters. The molecule has 25 heavy (non-hydrogen) atoms. The minimum atomic E-state index is 0.392. The number of aromatic nitrogens is 1. The van der Waals surface area contributed by atoms with Gasteiger partial charge in [-0.05, 0) is 30.2 Å². The van der Waals surface area contributed by atoms with Crippen LogP contribution in [0.5, 0.6) is 5.88 Å². The van der Waals surface area contributed by atoms with Crippen molar-refractivity contribution in [2.75, 3.05) is 6.61 Å². The summed E-state index contributed by atoms with van der Waals surface area (Å²) in [6, 6.07) is 22.0. The lowest BCUT2D eigenvalue weighted by Gasteiger charge is -2.13. The highest BCUT2D eigenvalue weighted by atomic mass is 79.9. The minimum absolute atomic E-state index is 0.392. The number of halogens is 1. The number of benzene rings is 2. The first-order valence-electron chi connectivity index (χ1n) is 8.12. The van der Waals surface area contributed by atoms with Crippen LogP contribution >= 0.6 is 15.9 Å². The van der Waals surface area contributed by atoms with Gasteiger partial charge in [0, 0.05) is 15.6 Å². The molecule has 4 heteroatoms. The molecule has 0 amide bonds. The van der Waals surface area contributed by atoms with Gasteiger partial charge in [0.25, 0.3) is 0 Å². The van der Waals surface area contributed by atoms with Crippen LogP contribution in [0.1, 0.15) is 18.9 Å². The molecule has 0 saturated carbocycles. The second-order valence-electron chi connectivity index (χ2n) is 5.57. The minimum Gasteiger partial charge on any atom is -0.477 e. The molecule has 0 radical (unpaired) electrons. The van der Waals surface area contributed by atoms with Crippen molar-refractivity contribution in [1.82, 2.24) is 4.98 Å². The van der Waals surface area contributed by atoms with Gasteiger partial charge in [-0.15, -0.1) is 0 Å². The Balaban J connectivity index is 2.20. The van der Waals surface area contributed by atoms with E-state index in [-0.39, 0.29) is 0 Å². The summed E-state index contributed by atoms with van der Waals surface area (Å²) in [6.07, 6.45) is 0.857. The summed E-state index contributed by atoms with van der Waals surface area (Å²) in [4.78, 5) is 4.60. The zero-order valence-corrected chi connectivity index (χ0v) is 15.5. The normalized spacial score (nSPS) is 10.3. The molecule has 2 aromatic carbocycles.